The van der Waals surface area contributed by atoms with Crippen molar-refractivity contribution in [3.05, 3.63) is 48.4 Å². The maximum absolute atomic E-state index is 13.6. The van der Waals surface area contributed by atoms with Gasteiger partial charge in [0.15, 0.2) is 11.6 Å². The second-order valence-electron chi connectivity index (χ2n) is 8.98. The zero-order chi connectivity index (χ0) is 23.6. The molecule has 1 saturated carbocycles. The van der Waals surface area contributed by atoms with Gasteiger partial charge in [0.25, 0.3) is 0 Å². The number of carbonyl (C=O) groups excluding carboxylic acids is 1. The molecule has 1 aromatic rings. The molecule has 1 aliphatic heterocycles. The Morgan fingerprint density at radius 2 is 2.18 bits per heavy atom. The average molecular weight is 466 g/mol. The topological polar surface area (TPSA) is 65.0 Å². The molecular weight excluding hydrogens is 430 g/mol. The Morgan fingerprint density at radius 3 is 3.00 bits per heavy atom. The quantitative estimate of drug-likeness (QED) is 0.367. The zero-order valence-corrected chi connectivity index (χ0v) is 19.3. The van der Waals surface area contributed by atoms with Crippen LogP contribution in [0.5, 0.6) is 5.75 Å². The van der Waals surface area contributed by atoms with Gasteiger partial charge in [-0.15, -0.1) is 0 Å². The number of hydrogen-bond acceptors (Lipinski definition) is 5. The average Bonchev–Trinajstić information content (AvgIpc) is 3.08. The summed E-state index contributed by atoms with van der Waals surface area (Å²) in [5.41, 5.74) is 0. The first-order valence-corrected chi connectivity index (χ1v) is 12.0. The van der Waals surface area contributed by atoms with Crippen LogP contribution in [0.15, 0.2) is 30.4 Å². The van der Waals surface area contributed by atoms with Crippen LogP contribution >= 0.6 is 0 Å². The molecule has 1 saturated heterocycles. The van der Waals surface area contributed by atoms with Crippen molar-refractivity contribution in [3.63, 3.8) is 0 Å². The van der Waals surface area contributed by atoms with Gasteiger partial charge < -0.3 is 19.3 Å². The van der Waals surface area contributed by atoms with Crippen LogP contribution in [-0.4, -0.2) is 43.1 Å². The Kier molecular flexibility index (Phi) is 10.1. The lowest BCUT2D eigenvalue weighted by Gasteiger charge is -2.20. The van der Waals surface area contributed by atoms with Crippen molar-refractivity contribution in [1.29, 1.82) is 0 Å². The summed E-state index contributed by atoms with van der Waals surface area (Å²) in [7, 11) is 0. The van der Waals surface area contributed by atoms with Crippen LogP contribution in [0.4, 0.5) is 8.78 Å². The van der Waals surface area contributed by atoms with Gasteiger partial charge in [-0.3, -0.25) is 4.79 Å². The summed E-state index contributed by atoms with van der Waals surface area (Å²) in [5, 5.41) is 10.2. The molecule has 33 heavy (non-hydrogen) atoms. The molecule has 7 heteroatoms. The third-order valence-corrected chi connectivity index (χ3v) is 6.39. The van der Waals surface area contributed by atoms with Gasteiger partial charge in [-0.25, -0.2) is 8.78 Å². The molecular formula is C26H35F2O5. The van der Waals surface area contributed by atoms with E-state index in [9.17, 15) is 18.7 Å². The first-order chi connectivity index (χ1) is 16.0. The number of ether oxygens (including phenoxy) is 3. The summed E-state index contributed by atoms with van der Waals surface area (Å²) in [6.45, 7) is 3.03. The van der Waals surface area contributed by atoms with Gasteiger partial charge in [0.1, 0.15) is 18.5 Å². The Balaban J connectivity index is 1.41. The van der Waals surface area contributed by atoms with Gasteiger partial charge in [-0.2, -0.15) is 0 Å². The first kappa shape index (κ1) is 25.6. The number of esters is 1. The van der Waals surface area contributed by atoms with Crippen molar-refractivity contribution in [2.75, 3.05) is 19.8 Å². The molecule has 1 N–H and O–H groups in total. The van der Waals surface area contributed by atoms with Crippen LogP contribution in [0.2, 0.25) is 0 Å². The Hall–Kier alpha value is -1.99. The van der Waals surface area contributed by atoms with E-state index in [4.69, 9.17) is 14.2 Å². The van der Waals surface area contributed by atoms with Crippen molar-refractivity contribution < 1.29 is 32.9 Å². The van der Waals surface area contributed by atoms with E-state index in [0.29, 0.717) is 31.5 Å². The monoisotopic (exact) mass is 465 g/mol. The van der Waals surface area contributed by atoms with Gasteiger partial charge in [0, 0.05) is 19.1 Å². The third kappa shape index (κ3) is 8.07. The van der Waals surface area contributed by atoms with Gasteiger partial charge in [-0.05, 0) is 74.8 Å². The number of fused-ring (bicyclic) bond motifs is 1. The summed E-state index contributed by atoms with van der Waals surface area (Å²) in [5.74, 6) is -0.594. The number of allylic oxidation sites excluding steroid dienone is 1. The molecule has 183 valence electrons. The van der Waals surface area contributed by atoms with Gasteiger partial charge in [0.2, 0.25) is 0 Å². The van der Waals surface area contributed by atoms with E-state index < -0.39 is 17.7 Å². The fourth-order valence-electron chi connectivity index (χ4n) is 4.58. The number of aliphatic hydroxyl groups is 1. The normalized spacial score (nSPS) is 26.1. The summed E-state index contributed by atoms with van der Waals surface area (Å²) in [6.07, 6.45) is 11.1. The van der Waals surface area contributed by atoms with Crippen molar-refractivity contribution in [2.45, 2.75) is 64.1 Å². The molecule has 2 aliphatic rings. The standard InChI is InChI=1S/C26H35F2O5/c1-2-14-31-26(30)5-3-4-18-6-11-22-19(8-13-24(22)32-16-18)7-10-21(29)17-33-25-15-20(27)9-12-23(25)28/h7-10,12,15,18-19,21-22,24,29H,2-6,11,13-14,16-17H2,1H3/b10-7+/t18-,19-,21+,22+,24-/m0/s1. The Bertz CT molecular complexity index is 784. The van der Waals surface area contributed by atoms with Crippen molar-refractivity contribution >= 4 is 5.97 Å². The number of aliphatic hydroxyl groups excluding tert-OH is 1. The van der Waals surface area contributed by atoms with E-state index in [2.05, 4.69) is 6.42 Å². The SMILES string of the molecule is CCCOC(=O)CCC[C@H]1CC[C@@H]2[C@@H](/C=C/[C@@H](O)COc3cc(F)ccc3F)[CH]C[C@@H]2OC1. The summed E-state index contributed by atoms with van der Waals surface area (Å²) in [6, 6.07) is 2.98. The molecule has 0 spiro atoms. The predicted octanol–water partition coefficient (Wildman–Crippen LogP) is 5.02. The molecule has 0 bridgehead atoms. The molecule has 5 atom stereocenters. The largest absolute Gasteiger partial charge is 0.487 e. The number of halogens is 2. The lowest BCUT2D eigenvalue weighted by molar-refractivity contribution is -0.143. The highest BCUT2D eigenvalue weighted by Crippen LogP contribution is 2.41. The molecule has 2 fully saturated rings. The minimum Gasteiger partial charge on any atom is -0.487 e. The molecule has 0 amide bonds. The minimum absolute atomic E-state index is 0.120. The minimum atomic E-state index is -0.924. The number of benzene rings is 1. The van der Waals surface area contributed by atoms with E-state index in [1.165, 1.54) is 0 Å². The van der Waals surface area contributed by atoms with Crippen LogP contribution in [0.3, 0.4) is 0 Å². The highest BCUT2D eigenvalue weighted by atomic mass is 19.1. The Labute approximate surface area is 195 Å². The zero-order valence-electron chi connectivity index (χ0n) is 19.3. The summed E-state index contributed by atoms with van der Waals surface area (Å²) in [4.78, 5) is 11.7. The van der Waals surface area contributed by atoms with Crippen molar-refractivity contribution in [1.82, 2.24) is 0 Å². The molecule has 0 unspecified atom stereocenters. The maximum atomic E-state index is 13.6. The lowest BCUT2D eigenvalue weighted by atomic mass is 9.87. The van der Waals surface area contributed by atoms with E-state index in [-0.39, 0.29) is 30.3 Å². The first-order valence-electron chi connectivity index (χ1n) is 12.0. The van der Waals surface area contributed by atoms with Crippen LogP contribution in [-0.2, 0) is 14.3 Å². The third-order valence-electron chi connectivity index (χ3n) is 6.39. The number of rotatable bonds is 11. The molecule has 1 aliphatic carbocycles. The second-order valence-corrected chi connectivity index (χ2v) is 8.98. The highest BCUT2D eigenvalue weighted by molar-refractivity contribution is 5.69. The highest BCUT2D eigenvalue weighted by Gasteiger charge is 2.38. The van der Waals surface area contributed by atoms with Crippen LogP contribution < -0.4 is 4.74 Å². The van der Waals surface area contributed by atoms with E-state index in [1.807, 2.05) is 13.0 Å². The fourth-order valence-corrected chi connectivity index (χ4v) is 4.58. The molecule has 1 radical (unpaired) electrons. The van der Waals surface area contributed by atoms with E-state index in [0.717, 1.165) is 56.7 Å². The number of carbonyl (C=O) groups is 1. The summed E-state index contributed by atoms with van der Waals surface area (Å²) >= 11 is 0. The lowest BCUT2D eigenvalue weighted by Crippen LogP contribution is -2.21. The van der Waals surface area contributed by atoms with Gasteiger partial charge >= 0.3 is 5.97 Å². The number of hydrogen-bond donors (Lipinski definition) is 1. The van der Waals surface area contributed by atoms with Crippen LogP contribution in [0.25, 0.3) is 0 Å². The molecule has 1 aromatic carbocycles. The van der Waals surface area contributed by atoms with E-state index in [1.54, 1.807) is 6.08 Å². The van der Waals surface area contributed by atoms with Crippen LogP contribution in [0.1, 0.15) is 51.9 Å². The molecule has 0 aromatic heterocycles. The fraction of sp³-hybridized carbons (Fsp3) is 0.615. The molecule has 3 rings (SSSR count). The van der Waals surface area contributed by atoms with Gasteiger partial charge in [0.05, 0.1) is 12.7 Å². The predicted molar refractivity (Wildman–Crippen MR) is 120 cm³/mol. The second kappa shape index (κ2) is 13.0. The smallest absolute Gasteiger partial charge is 0.305 e. The summed E-state index contributed by atoms with van der Waals surface area (Å²) < 4.78 is 43.4. The Morgan fingerprint density at radius 1 is 1.33 bits per heavy atom. The van der Waals surface area contributed by atoms with Crippen molar-refractivity contribution in [3.8, 4) is 5.75 Å². The van der Waals surface area contributed by atoms with Gasteiger partial charge in [-0.1, -0.05) is 19.1 Å². The maximum Gasteiger partial charge on any atom is 0.305 e. The van der Waals surface area contributed by atoms with Crippen LogP contribution in [0, 0.1) is 35.8 Å². The molecule has 1 heterocycles. The molecule has 5 nitrogen and oxygen atoms in total. The van der Waals surface area contributed by atoms with E-state index >= 15 is 0 Å². The van der Waals surface area contributed by atoms with Crippen molar-refractivity contribution in [2.24, 2.45) is 17.8 Å².